The number of halogens is 1. The molecule has 2 N–H and O–H groups in total. The summed E-state index contributed by atoms with van der Waals surface area (Å²) >= 11 is 6.81. The van der Waals surface area contributed by atoms with Gasteiger partial charge >= 0.3 is 0 Å². The first-order chi connectivity index (χ1) is 15.5. The monoisotopic (exact) mass is 475 g/mol. The maximum Gasteiger partial charge on any atom is 0.286 e. The highest BCUT2D eigenvalue weighted by molar-refractivity contribution is 7.15. The summed E-state index contributed by atoms with van der Waals surface area (Å²) in [5, 5.41) is 14.5. The van der Waals surface area contributed by atoms with Crippen molar-refractivity contribution in [2.75, 3.05) is 18.4 Å². The van der Waals surface area contributed by atoms with Crippen LogP contribution < -0.4 is 10.6 Å². The molecule has 2 aromatic rings. The first-order valence-corrected chi connectivity index (χ1v) is 12.2. The molecule has 1 atom stereocenters. The molecule has 1 saturated carbocycles. The summed E-state index contributed by atoms with van der Waals surface area (Å²) in [6.07, 6.45) is 7.15. The predicted molar refractivity (Wildman–Crippen MR) is 123 cm³/mol. The highest BCUT2D eigenvalue weighted by Crippen LogP contribution is 2.23. The number of anilines is 1. The van der Waals surface area contributed by atoms with Crippen molar-refractivity contribution in [1.29, 1.82) is 0 Å². The number of rotatable bonds is 5. The van der Waals surface area contributed by atoms with Crippen molar-refractivity contribution in [2.45, 2.75) is 51.0 Å². The van der Waals surface area contributed by atoms with Crippen molar-refractivity contribution in [3.05, 3.63) is 39.3 Å². The minimum atomic E-state index is -0.438. The molecule has 1 aromatic heterocycles. The van der Waals surface area contributed by atoms with Crippen molar-refractivity contribution in [3.8, 4) is 0 Å². The topological polar surface area (TPSA) is 104 Å². The van der Waals surface area contributed by atoms with E-state index < -0.39 is 5.91 Å². The average Bonchev–Trinajstić information content (AvgIpc) is 3.31. The lowest BCUT2D eigenvalue weighted by atomic mass is 9.93. The van der Waals surface area contributed by atoms with Gasteiger partial charge in [0, 0.05) is 29.8 Å². The fourth-order valence-corrected chi connectivity index (χ4v) is 5.03. The first-order valence-electron chi connectivity index (χ1n) is 11.0. The highest BCUT2D eigenvalue weighted by atomic mass is 35.5. The van der Waals surface area contributed by atoms with E-state index in [4.69, 9.17) is 11.6 Å². The molecule has 1 aliphatic heterocycles. The Bertz CT molecular complexity index is 974. The molecule has 32 heavy (non-hydrogen) atoms. The molecule has 0 radical (unpaired) electrons. The van der Waals surface area contributed by atoms with Crippen LogP contribution >= 0.6 is 22.9 Å². The van der Waals surface area contributed by atoms with Gasteiger partial charge in [-0.1, -0.05) is 42.2 Å². The molecule has 1 saturated heterocycles. The number of nitrogens with one attached hydrogen (secondary N) is 2. The van der Waals surface area contributed by atoms with E-state index in [1.807, 2.05) is 0 Å². The minimum Gasteiger partial charge on any atom is -0.353 e. The zero-order chi connectivity index (χ0) is 22.5. The number of amides is 3. The smallest absolute Gasteiger partial charge is 0.286 e. The van der Waals surface area contributed by atoms with Gasteiger partial charge in [-0.25, -0.2) is 0 Å². The molecule has 10 heteroatoms. The zero-order valence-corrected chi connectivity index (χ0v) is 19.3. The lowest BCUT2D eigenvalue weighted by molar-refractivity contribution is -0.127. The van der Waals surface area contributed by atoms with Crippen LogP contribution in [0.5, 0.6) is 0 Å². The van der Waals surface area contributed by atoms with Gasteiger partial charge in [-0.15, -0.1) is 10.2 Å². The van der Waals surface area contributed by atoms with Crippen LogP contribution in [0.25, 0.3) is 0 Å². The lowest BCUT2D eigenvalue weighted by Crippen LogP contribution is -2.47. The van der Waals surface area contributed by atoms with Gasteiger partial charge in [-0.05, 0) is 49.9 Å². The molecule has 2 heterocycles. The Hall–Kier alpha value is -2.52. The molecular formula is C22H26ClN5O3S. The largest absolute Gasteiger partial charge is 0.353 e. The molecule has 2 fully saturated rings. The molecule has 8 nitrogen and oxygen atoms in total. The number of likely N-dealkylation sites (tertiary alicyclic amines) is 1. The summed E-state index contributed by atoms with van der Waals surface area (Å²) in [4.78, 5) is 39.7. The highest BCUT2D eigenvalue weighted by Gasteiger charge is 2.32. The van der Waals surface area contributed by atoms with Crippen LogP contribution in [0.1, 0.15) is 64.6 Å². The number of piperidine rings is 1. The number of carbonyl (C=O) groups excluding carboxylic acids is 3. The Balaban J connectivity index is 1.34. The van der Waals surface area contributed by atoms with Gasteiger partial charge in [0.15, 0.2) is 0 Å². The minimum absolute atomic E-state index is 0.0368. The van der Waals surface area contributed by atoms with E-state index in [0.29, 0.717) is 23.8 Å². The second-order valence-electron chi connectivity index (χ2n) is 8.31. The number of hydrogen-bond donors (Lipinski definition) is 2. The van der Waals surface area contributed by atoms with E-state index in [2.05, 4.69) is 20.8 Å². The van der Waals surface area contributed by atoms with Crippen LogP contribution in [0, 0.1) is 5.92 Å². The van der Waals surface area contributed by atoms with E-state index in [-0.39, 0.29) is 33.8 Å². The number of hydrogen-bond acceptors (Lipinski definition) is 6. The van der Waals surface area contributed by atoms with E-state index in [1.54, 1.807) is 29.2 Å². The fourth-order valence-electron chi connectivity index (χ4n) is 4.20. The van der Waals surface area contributed by atoms with Gasteiger partial charge in [-0.2, -0.15) is 0 Å². The Labute approximate surface area is 195 Å². The molecule has 2 aliphatic rings. The summed E-state index contributed by atoms with van der Waals surface area (Å²) in [6.45, 7) is 0.932. The number of carbonyl (C=O) groups is 3. The van der Waals surface area contributed by atoms with E-state index in [0.717, 1.165) is 49.9 Å². The van der Waals surface area contributed by atoms with Crippen molar-refractivity contribution < 1.29 is 14.4 Å². The third-order valence-corrected chi connectivity index (χ3v) is 7.10. The van der Waals surface area contributed by atoms with Gasteiger partial charge < -0.3 is 15.5 Å². The Kier molecular flexibility index (Phi) is 7.36. The maximum atomic E-state index is 12.9. The van der Waals surface area contributed by atoms with Gasteiger partial charge in [-0.3, -0.25) is 14.4 Å². The molecule has 0 unspecified atom stereocenters. The van der Waals surface area contributed by atoms with Gasteiger partial charge in [0.05, 0.1) is 5.92 Å². The summed E-state index contributed by atoms with van der Waals surface area (Å²) in [7, 11) is 0. The van der Waals surface area contributed by atoms with Crippen LogP contribution in [0.3, 0.4) is 0 Å². The average molecular weight is 476 g/mol. The first kappa shape index (κ1) is 22.7. The van der Waals surface area contributed by atoms with E-state index in [9.17, 15) is 14.4 Å². The third-order valence-electron chi connectivity index (χ3n) is 5.94. The summed E-state index contributed by atoms with van der Waals surface area (Å²) in [5.41, 5.74) is 0.574. The number of nitrogens with zero attached hydrogens (tertiary/aromatic N) is 3. The molecule has 1 aromatic carbocycles. The predicted octanol–water partition coefficient (Wildman–Crippen LogP) is 3.74. The molecular weight excluding hydrogens is 450 g/mol. The van der Waals surface area contributed by atoms with Crippen LogP contribution in [0.4, 0.5) is 5.69 Å². The maximum absolute atomic E-state index is 12.9. The molecule has 0 bridgehead atoms. The molecule has 3 amide bonds. The summed E-state index contributed by atoms with van der Waals surface area (Å²) < 4.78 is 0. The Morgan fingerprint density at radius 2 is 1.69 bits per heavy atom. The van der Waals surface area contributed by atoms with Gasteiger partial charge in [0.1, 0.15) is 0 Å². The van der Waals surface area contributed by atoms with E-state index >= 15 is 0 Å². The fraction of sp³-hybridized carbons (Fsp3) is 0.500. The standard InChI is InChI=1S/C22H26ClN5O3S/c23-15-8-10-17(11-9-15)25-19(30)20-26-27-21(32-20)22(31)28-12-4-5-14(13-28)18(29)24-16-6-2-1-3-7-16/h8-11,14,16H,1-7,12-13H2,(H,24,29)(H,25,30)/t14-/m0/s1. The van der Waals surface area contributed by atoms with Gasteiger partial charge in [0.2, 0.25) is 15.9 Å². The number of aromatic nitrogens is 2. The summed E-state index contributed by atoms with van der Waals surface area (Å²) in [5.74, 6) is -0.902. The van der Waals surface area contributed by atoms with Gasteiger partial charge in [0.25, 0.3) is 11.8 Å². The Morgan fingerprint density at radius 1 is 0.969 bits per heavy atom. The number of benzene rings is 1. The lowest BCUT2D eigenvalue weighted by Gasteiger charge is -2.33. The van der Waals surface area contributed by atoms with Crippen molar-refractivity contribution in [1.82, 2.24) is 20.4 Å². The van der Waals surface area contributed by atoms with Crippen LogP contribution in [0.15, 0.2) is 24.3 Å². The van der Waals surface area contributed by atoms with Crippen LogP contribution in [0.2, 0.25) is 5.02 Å². The summed E-state index contributed by atoms with van der Waals surface area (Å²) in [6, 6.07) is 6.96. The van der Waals surface area contributed by atoms with E-state index in [1.165, 1.54) is 6.42 Å². The normalized spacial score (nSPS) is 19.4. The molecule has 4 rings (SSSR count). The quantitative estimate of drug-likeness (QED) is 0.685. The third kappa shape index (κ3) is 5.63. The Morgan fingerprint density at radius 3 is 2.44 bits per heavy atom. The van der Waals surface area contributed by atoms with Crippen LogP contribution in [-0.2, 0) is 4.79 Å². The van der Waals surface area contributed by atoms with Crippen LogP contribution in [-0.4, -0.2) is 52.0 Å². The molecule has 1 aliphatic carbocycles. The second kappa shape index (κ2) is 10.4. The SMILES string of the molecule is O=C(Nc1ccc(Cl)cc1)c1nnc(C(=O)N2CCC[C@H](C(=O)NC3CCCCC3)C2)s1. The molecule has 170 valence electrons. The van der Waals surface area contributed by atoms with Crippen molar-refractivity contribution in [2.24, 2.45) is 5.92 Å². The zero-order valence-electron chi connectivity index (χ0n) is 17.7. The van der Waals surface area contributed by atoms with Crippen molar-refractivity contribution >= 4 is 46.3 Å². The van der Waals surface area contributed by atoms with Crippen molar-refractivity contribution in [3.63, 3.8) is 0 Å². The molecule has 0 spiro atoms. The second-order valence-corrected chi connectivity index (χ2v) is 9.72.